The topological polar surface area (TPSA) is 58.6 Å². The minimum Gasteiger partial charge on any atom is -0.486 e. The van der Waals surface area contributed by atoms with Crippen LogP contribution >= 0.6 is 34.8 Å². The molecule has 0 saturated heterocycles. The first-order valence-corrected chi connectivity index (χ1v) is 8.49. The Bertz CT molecular complexity index is 776. The molecule has 0 spiro atoms. The lowest BCUT2D eigenvalue weighted by molar-refractivity contribution is -0.136. The summed E-state index contributed by atoms with van der Waals surface area (Å²) in [5.41, 5.74) is 0.964. The minimum absolute atomic E-state index is 0.136. The first-order chi connectivity index (χ1) is 11.8. The van der Waals surface area contributed by atoms with Gasteiger partial charge in [-0.2, -0.15) is 0 Å². The summed E-state index contributed by atoms with van der Waals surface area (Å²) in [7, 11) is 0. The summed E-state index contributed by atoms with van der Waals surface area (Å²) in [6, 6.07) is 5.85. The average Bonchev–Trinajstić information content (AvgIpc) is 2.50. The standard InChI is InChI=1S/C17H15Cl3FNO3/c1-2-22-14-7-11(18)6-10(16(14)21)8-25-17-12(19)3-9(4-13(17)20)5-15(23)24/h3-4,6-7,22H,2,5,8H2,1H3,(H,23,24). The maximum absolute atomic E-state index is 14.4. The fraction of sp³-hybridized carbons (Fsp3) is 0.235. The molecule has 0 atom stereocenters. The van der Waals surface area contributed by atoms with Crippen molar-refractivity contribution in [3.63, 3.8) is 0 Å². The van der Waals surface area contributed by atoms with Crippen molar-refractivity contribution in [2.24, 2.45) is 0 Å². The van der Waals surface area contributed by atoms with Crippen molar-refractivity contribution in [3.8, 4) is 5.75 Å². The average molecular weight is 407 g/mol. The smallest absolute Gasteiger partial charge is 0.307 e. The van der Waals surface area contributed by atoms with E-state index in [9.17, 15) is 9.18 Å². The maximum atomic E-state index is 14.4. The Labute approximate surface area is 159 Å². The Kier molecular flexibility index (Phi) is 6.76. The van der Waals surface area contributed by atoms with Crippen LogP contribution in [0, 0.1) is 5.82 Å². The Balaban J connectivity index is 2.23. The fourth-order valence-electron chi connectivity index (χ4n) is 2.25. The zero-order valence-electron chi connectivity index (χ0n) is 13.2. The number of hydrogen-bond donors (Lipinski definition) is 2. The van der Waals surface area contributed by atoms with Crippen molar-refractivity contribution >= 4 is 46.5 Å². The summed E-state index contributed by atoms with van der Waals surface area (Å²) in [4.78, 5) is 10.8. The van der Waals surface area contributed by atoms with Crippen LogP contribution in [0.15, 0.2) is 24.3 Å². The van der Waals surface area contributed by atoms with Crippen molar-refractivity contribution in [1.29, 1.82) is 0 Å². The van der Waals surface area contributed by atoms with Crippen molar-refractivity contribution in [1.82, 2.24) is 0 Å². The molecule has 0 aliphatic heterocycles. The monoisotopic (exact) mass is 405 g/mol. The van der Waals surface area contributed by atoms with Gasteiger partial charge in [-0.3, -0.25) is 4.79 Å². The van der Waals surface area contributed by atoms with Crippen LogP contribution in [0.3, 0.4) is 0 Å². The molecule has 4 nitrogen and oxygen atoms in total. The molecule has 2 aromatic rings. The normalized spacial score (nSPS) is 10.6. The minimum atomic E-state index is -1.00. The van der Waals surface area contributed by atoms with Gasteiger partial charge in [0.2, 0.25) is 0 Å². The lowest BCUT2D eigenvalue weighted by Crippen LogP contribution is -2.05. The largest absolute Gasteiger partial charge is 0.486 e. The number of aliphatic carboxylic acids is 1. The molecular formula is C17H15Cl3FNO3. The SMILES string of the molecule is CCNc1cc(Cl)cc(COc2c(Cl)cc(CC(=O)O)cc2Cl)c1F. The van der Waals surface area contributed by atoms with Crippen LogP contribution in [0.1, 0.15) is 18.1 Å². The lowest BCUT2D eigenvalue weighted by Gasteiger charge is -2.14. The summed E-state index contributed by atoms with van der Waals surface area (Å²) >= 11 is 18.2. The van der Waals surface area contributed by atoms with Gasteiger partial charge in [-0.05, 0) is 36.8 Å². The summed E-state index contributed by atoms with van der Waals surface area (Å²) in [6.45, 7) is 2.25. The fourth-order valence-corrected chi connectivity index (χ4v) is 3.13. The van der Waals surface area contributed by atoms with Crippen LogP contribution in [0.5, 0.6) is 5.75 Å². The Morgan fingerprint density at radius 1 is 1.20 bits per heavy atom. The van der Waals surface area contributed by atoms with E-state index in [2.05, 4.69) is 5.32 Å². The molecule has 134 valence electrons. The van der Waals surface area contributed by atoms with E-state index in [0.29, 0.717) is 17.1 Å². The van der Waals surface area contributed by atoms with Crippen molar-refractivity contribution in [2.45, 2.75) is 20.0 Å². The van der Waals surface area contributed by atoms with E-state index >= 15 is 0 Å². The second-order valence-electron chi connectivity index (χ2n) is 5.20. The third-order valence-electron chi connectivity index (χ3n) is 3.27. The van der Waals surface area contributed by atoms with Gasteiger partial charge >= 0.3 is 5.97 Å². The number of halogens is 4. The number of anilines is 1. The van der Waals surface area contributed by atoms with E-state index in [1.807, 2.05) is 6.92 Å². The second-order valence-corrected chi connectivity index (χ2v) is 6.46. The van der Waals surface area contributed by atoms with Gasteiger partial charge in [0.05, 0.1) is 22.2 Å². The summed E-state index contributed by atoms with van der Waals surface area (Å²) in [5, 5.41) is 12.4. The highest BCUT2D eigenvalue weighted by molar-refractivity contribution is 6.37. The number of hydrogen-bond acceptors (Lipinski definition) is 3. The molecule has 0 aromatic heterocycles. The van der Waals surface area contributed by atoms with Gasteiger partial charge in [0.25, 0.3) is 0 Å². The highest BCUT2D eigenvalue weighted by Crippen LogP contribution is 2.35. The van der Waals surface area contributed by atoms with Crippen molar-refractivity contribution in [3.05, 3.63) is 56.3 Å². The van der Waals surface area contributed by atoms with Crippen LogP contribution in [0.4, 0.5) is 10.1 Å². The zero-order chi connectivity index (χ0) is 18.6. The van der Waals surface area contributed by atoms with E-state index < -0.39 is 11.8 Å². The van der Waals surface area contributed by atoms with Gasteiger partial charge in [0.1, 0.15) is 6.61 Å². The molecule has 0 unspecified atom stereocenters. The highest BCUT2D eigenvalue weighted by atomic mass is 35.5. The van der Waals surface area contributed by atoms with Crippen molar-refractivity contribution in [2.75, 3.05) is 11.9 Å². The van der Waals surface area contributed by atoms with Crippen LogP contribution in [0.2, 0.25) is 15.1 Å². The molecule has 2 aromatic carbocycles. The molecular weight excluding hydrogens is 392 g/mol. The first-order valence-electron chi connectivity index (χ1n) is 7.36. The number of carboxylic acid groups (broad SMARTS) is 1. The van der Waals surface area contributed by atoms with Gasteiger partial charge < -0.3 is 15.2 Å². The number of ether oxygens (including phenoxy) is 1. The van der Waals surface area contributed by atoms with Crippen LogP contribution in [-0.4, -0.2) is 17.6 Å². The zero-order valence-corrected chi connectivity index (χ0v) is 15.5. The number of benzene rings is 2. The van der Waals surface area contributed by atoms with Crippen LogP contribution < -0.4 is 10.1 Å². The quantitative estimate of drug-likeness (QED) is 0.644. The first kappa shape index (κ1) is 19.6. The van der Waals surface area contributed by atoms with E-state index in [0.717, 1.165) is 0 Å². The third-order valence-corrected chi connectivity index (χ3v) is 4.05. The maximum Gasteiger partial charge on any atom is 0.307 e. The van der Waals surface area contributed by atoms with Crippen molar-refractivity contribution < 1.29 is 19.0 Å². The van der Waals surface area contributed by atoms with Crippen LogP contribution in [-0.2, 0) is 17.8 Å². The predicted molar refractivity (Wildman–Crippen MR) is 97.7 cm³/mol. The lowest BCUT2D eigenvalue weighted by atomic mass is 10.1. The van der Waals surface area contributed by atoms with Gasteiger partial charge in [0.15, 0.2) is 11.6 Å². The predicted octanol–water partition coefficient (Wildman–Crippen LogP) is 5.42. The Hall–Kier alpha value is -1.69. The van der Waals surface area contributed by atoms with E-state index in [-0.39, 0.29) is 40.1 Å². The van der Waals surface area contributed by atoms with Gasteiger partial charge in [-0.15, -0.1) is 0 Å². The van der Waals surface area contributed by atoms with E-state index in [1.54, 1.807) is 0 Å². The molecule has 0 heterocycles. The molecule has 0 bridgehead atoms. The van der Waals surface area contributed by atoms with Crippen LogP contribution in [0.25, 0.3) is 0 Å². The highest BCUT2D eigenvalue weighted by Gasteiger charge is 2.15. The summed E-state index contributed by atoms with van der Waals surface area (Å²) in [5.74, 6) is -1.32. The Morgan fingerprint density at radius 3 is 2.40 bits per heavy atom. The third kappa shape index (κ3) is 5.14. The number of carbonyl (C=O) groups is 1. The van der Waals surface area contributed by atoms with Gasteiger partial charge in [-0.1, -0.05) is 34.8 Å². The molecule has 2 rings (SSSR count). The molecule has 2 N–H and O–H groups in total. The Morgan fingerprint density at radius 2 is 1.84 bits per heavy atom. The molecule has 0 amide bonds. The molecule has 8 heteroatoms. The number of rotatable bonds is 7. The summed E-state index contributed by atoms with van der Waals surface area (Å²) in [6.07, 6.45) is -0.214. The van der Waals surface area contributed by atoms with Gasteiger partial charge in [0, 0.05) is 17.1 Å². The van der Waals surface area contributed by atoms with E-state index in [1.165, 1.54) is 24.3 Å². The molecule has 0 fully saturated rings. The number of carboxylic acids is 1. The summed E-state index contributed by atoms with van der Waals surface area (Å²) < 4.78 is 20.0. The van der Waals surface area contributed by atoms with Gasteiger partial charge in [-0.25, -0.2) is 4.39 Å². The molecule has 0 aliphatic rings. The second kappa shape index (κ2) is 8.61. The molecule has 25 heavy (non-hydrogen) atoms. The van der Waals surface area contributed by atoms with E-state index in [4.69, 9.17) is 44.6 Å². The number of nitrogens with one attached hydrogen (secondary N) is 1. The molecule has 0 aliphatic carbocycles. The molecule has 0 radical (unpaired) electrons. The molecule has 0 saturated carbocycles.